The number of carbonyl (C=O) groups is 1. The van der Waals surface area contributed by atoms with Crippen LogP contribution in [0.25, 0.3) is 10.9 Å². The fraction of sp³-hybridized carbons (Fsp3) is 0.529. The number of rotatable bonds is 3. The van der Waals surface area contributed by atoms with Crippen LogP contribution in [0.1, 0.15) is 46.1 Å². The van der Waals surface area contributed by atoms with E-state index in [0.29, 0.717) is 6.04 Å². The maximum absolute atomic E-state index is 12.5. The Labute approximate surface area is 131 Å². The summed E-state index contributed by atoms with van der Waals surface area (Å²) >= 11 is 0. The van der Waals surface area contributed by atoms with Crippen molar-refractivity contribution in [1.29, 1.82) is 0 Å². The number of fused-ring (bicyclic) bond motifs is 1. The van der Waals surface area contributed by atoms with Gasteiger partial charge in [0.1, 0.15) is 0 Å². The summed E-state index contributed by atoms with van der Waals surface area (Å²) in [5.41, 5.74) is 1.32. The second-order valence-corrected chi connectivity index (χ2v) is 6.65. The lowest BCUT2D eigenvalue weighted by Crippen LogP contribution is -2.54. The van der Waals surface area contributed by atoms with E-state index in [-0.39, 0.29) is 5.91 Å². The molecule has 22 heavy (non-hydrogen) atoms. The molecule has 1 aromatic carbocycles. The minimum Gasteiger partial charge on any atom is -0.324 e. The number of aromatic nitrogens is 2. The number of hydrogen-bond donors (Lipinski definition) is 2. The van der Waals surface area contributed by atoms with Crippen molar-refractivity contribution < 1.29 is 4.79 Å². The standard InChI is InChI=1S/C17H24N4O/c1-12(2)21-11-13-10-14(6-7-15(13)20-21)19-16(22)17(3)8-4-5-9-18-17/h6-7,10-12,18H,4-5,8-9H2,1-3H3,(H,19,22)/t17-/m1/s1. The van der Waals surface area contributed by atoms with Crippen LogP contribution < -0.4 is 10.6 Å². The van der Waals surface area contributed by atoms with Gasteiger partial charge in [0.05, 0.1) is 11.1 Å². The Kier molecular flexibility index (Phi) is 3.91. The number of carbonyl (C=O) groups excluding carboxylic acids is 1. The summed E-state index contributed by atoms with van der Waals surface area (Å²) in [6.45, 7) is 7.09. The van der Waals surface area contributed by atoms with E-state index >= 15 is 0 Å². The van der Waals surface area contributed by atoms with Gasteiger partial charge in [-0.2, -0.15) is 5.10 Å². The van der Waals surface area contributed by atoms with E-state index in [4.69, 9.17) is 0 Å². The van der Waals surface area contributed by atoms with Crippen molar-refractivity contribution in [3.8, 4) is 0 Å². The molecule has 5 nitrogen and oxygen atoms in total. The zero-order valence-corrected chi connectivity index (χ0v) is 13.5. The molecular weight excluding hydrogens is 276 g/mol. The largest absolute Gasteiger partial charge is 0.324 e. The van der Waals surface area contributed by atoms with Crippen molar-refractivity contribution in [3.63, 3.8) is 0 Å². The van der Waals surface area contributed by atoms with Crippen LogP contribution in [0.2, 0.25) is 0 Å². The lowest BCUT2D eigenvalue weighted by molar-refractivity contribution is -0.122. The van der Waals surface area contributed by atoms with E-state index in [0.717, 1.165) is 42.4 Å². The number of anilines is 1. The topological polar surface area (TPSA) is 59.0 Å². The number of amides is 1. The molecule has 0 bridgehead atoms. The average molecular weight is 300 g/mol. The highest BCUT2D eigenvalue weighted by Crippen LogP contribution is 2.23. The van der Waals surface area contributed by atoms with Crippen molar-refractivity contribution in [2.75, 3.05) is 11.9 Å². The average Bonchev–Trinajstić information content (AvgIpc) is 2.91. The Balaban J connectivity index is 1.80. The highest BCUT2D eigenvalue weighted by molar-refractivity contribution is 5.99. The summed E-state index contributed by atoms with van der Waals surface area (Å²) in [5, 5.41) is 12.0. The molecule has 118 valence electrons. The van der Waals surface area contributed by atoms with Crippen LogP contribution in [0.4, 0.5) is 5.69 Å². The maximum atomic E-state index is 12.5. The molecule has 1 saturated heterocycles. The molecule has 1 aliphatic rings. The summed E-state index contributed by atoms with van der Waals surface area (Å²) in [6.07, 6.45) is 5.14. The van der Waals surface area contributed by atoms with Crippen LogP contribution in [0, 0.1) is 0 Å². The SMILES string of the molecule is CC(C)n1cc2cc(NC(=O)[C@@]3(C)CCCCN3)ccc2n1. The first kappa shape index (κ1) is 15.0. The van der Waals surface area contributed by atoms with Crippen LogP contribution in [-0.4, -0.2) is 27.8 Å². The Hall–Kier alpha value is -1.88. The first-order valence-corrected chi connectivity index (χ1v) is 8.03. The van der Waals surface area contributed by atoms with Gasteiger partial charge in [-0.3, -0.25) is 9.48 Å². The highest BCUT2D eigenvalue weighted by atomic mass is 16.2. The summed E-state index contributed by atoms with van der Waals surface area (Å²) in [4.78, 5) is 12.5. The number of hydrogen-bond acceptors (Lipinski definition) is 3. The molecule has 1 atom stereocenters. The van der Waals surface area contributed by atoms with Gasteiger partial charge in [0.2, 0.25) is 5.91 Å². The first-order valence-electron chi connectivity index (χ1n) is 8.03. The molecule has 1 aliphatic heterocycles. The van der Waals surface area contributed by atoms with Crippen molar-refractivity contribution in [2.45, 2.75) is 51.6 Å². The highest BCUT2D eigenvalue weighted by Gasteiger charge is 2.34. The van der Waals surface area contributed by atoms with Gasteiger partial charge < -0.3 is 10.6 Å². The molecular formula is C17H24N4O. The van der Waals surface area contributed by atoms with Gasteiger partial charge in [-0.1, -0.05) is 0 Å². The molecule has 5 heteroatoms. The van der Waals surface area contributed by atoms with Crippen LogP contribution >= 0.6 is 0 Å². The van der Waals surface area contributed by atoms with Gasteiger partial charge in [-0.25, -0.2) is 0 Å². The molecule has 0 unspecified atom stereocenters. The van der Waals surface area contributed by atoms with Crippen LogP contribution in [-0.2, 0) is 4.79 Å². The molecule has 1 amide bonds. The molecule has 1 aromatic heterocycles. The van der Waals surface area contributed by atoms with Gasteiger partial charge in [0.15, 0.2) is 0 Å². The summed E-state index contributed by atoms with van der Waals surface area (Å²) in [6, 6.07) is 6.20. The molecule has 2 aromatic rings. The number of nitrogens with one attached hydrogen (secondary N) is 2. The Morgan fingerprint density at radius 2 is 2.23 bits per heavy atom. The second kappa shape index (κ2) is 5.72. The van der Waals surface area contributed by atoms with Crippen LogP contribution in [0.5, 0.6) is 0 Å². The number of nitrogens with zero attached hydrogens (tertiary/aromatic N) is 2. The molecule has 0 radical (unpaired) electrons. The maximum Gasteiger partial charge on any atom is 0.244 e. The Morgan fingerprint density at radius 1 is 1.41 bits per heavy atom. The fourth-order valence-electron chi connectivity index (χ4n) is 2.91. The van der Waals surface area contributed by atoms with Gasteiger partial charge >= 0.3 is 0 Å². The van der Waals surface area contributed by atoms with E-state index in [1.165, 1.54) is 0 Å². The zero-order valence-electron chi connectivity index (χ0n) is 13.5. The zero-order chi connectivity index (χ0) is 15.7. The summed E-state index contributed by atoms with van der Waals surface area (Å²) in [5.74, 6) is 0.0443. The Morgan fingerprint density at radius 3 is 2.91 bits per heavy atom. The van der Waals surface area contributed by atoms with Gasteiger partial charge in [0.25, 0.3) is 0 Å². The molecule has 3 rings (SSSR count). The minimum atomic E-state index is -0.463. The fourth-order valence-corrected chi connectivity index (χ4v) is 2.91. The first-order chi connectivity index (χ1) is 10.5. The van der Waals surface area contributed by atoms with Crippen LogP contribution in [0.3, 0.4) is 0 Å². The third-order valence-electron chi connectivity index (χ3n) is 4.43. The van der Waals surface area contributed by atoms with Crippen molar-refractivity contribution in [1.82, 2.24) is 15.1 Å². The smallest absolute Gasteiger partial charge is 0.244 e. The van der Waals surface area contributed by atoms with Crippen LogP contribution in [0.15, 0.2) is 24.4 Å². The normalized spacial score (nSPS) is 22.2. The summed E-state index contributed by atoms with van der Waals surface area (Å²) < 4.78 is 1.94. The van der Waals surface area contributed by atoms with E-state index in [9.17, 15) is 4.79 Å². The molecule has 2 heterocycles. The second-order valence-electron chi connectivity index (χ2n) is 6.65. The molecule has 0 aliphatic carbocycles. The van der Waals surface area contributed by atoms with Crippen molar-refractivity contribution in [2.24, 2.45) is 0 Å². The quantitative estimate of drug-likeness (QED) is 0.916. The third-order valence-corrected chi connectivity index (χ3v) is 4.43. The van der Waals surface area contributed by atoms with E-state index in [1.54, 1.807) is 0 Å². The number of piperidine rings is 1. The van der Waals surface area contributed by atoms with Crippen molar-refractivity contribution >= 4 is 22.5 Å². The van der Waals surface area contributed by atoms with Gasteiger partial charge in [-0.15, -0.1) is 0 Å². The van der Waals surface area contributed by atoms with Crippen molar-refractivity contribution in [3.05, 3.63) is 24.4 Å². The predicted octanol–water partition coefficient (Wildman–Crippen LogP) is 3.09. The molecule has 2 N–H and O–H groups in total. The molecule has 0 saturated carbocycles. The molecule has 1 fully saturated rings. The predicted molar refractivity (Wildman–Crippen MR) is 89.0 cm³/mol. The third kappa shape index (κ3) is 2.86. The molecule has 0 spiro atoms. The number of benzene rings is 1. The lowest BCUT2D eigenvalue weighted by atomic mass is 9.90. The van der Waals surface area contributed by atoms with Gasteiger partial charge in [0, 0.05) is 23.3 Å². The minimum absolute atomic E-state index is 0.0443. The monoisotopic (exact) mass is 300 g/mol. The van der Waals surface area contributed by atoms with E-state index < -0.39 is 5.54 Å². The van der Waals surface area contributed by atoms with E-state index in [1.807, 2.05) is 36.0 Å². The summed E-state index contributed by atoms with van der Waals surface area (Å²) in [7, 11) is 0. The van der Waals surface area contributed by atoms with Gasteiger partial charge in [-0.05, 0) is 64.8 Å². The Bertz CT molecular complexity index is 683. The van der Waals surface area contributed by atoms with E-state index in [2.05, 4.69) is 29.6 Å². The lowest BCUT2D eigenvalue weighted by Gasteiger charge is -2.33.